The van der Waals surface area contributed by atoms with Crippen molar-refractivity contribution in [2.45, 2.75) is 70.1 Å². The van der Waals surface area contributed by atoms with E-state index in [0.717, 1.165) is 56.1 Å². The molecular weight excluding hydrogens is 448 g/mol. The highest BCUT2D eigenvalue weighted by Crippen LogP contribution is 2.33. The molecule has 1 fully saturated rings. The molecular formula is C30H38N4O2. The van der Waals surface area contributed by atoms with E-state index in [1.54, 1.807) is 0 Å². The van der Waals surface area contributed by atoms with Gasteiger partial charge in [-0.2, -0.15) is 0 Å². The Kier molecular flexibility index (Phi) is 7.15. The summed E-state index contributed by atoms with van der Waals surface area (Å²) in [6.45, 7) is 4.69. The van der Waals surface area contributed by atoms with Crippen molar-refractivity contribution >= 4 is 22.7 Å². The third kappa shape index (κ3) is 4.92. The first kappa shape index (κ1) is 24.6. The zero-order chi connectivity index (χ0) is 25.1. The third-order valence-corrected chi connectivity index (χ3v) is 7.98. The van der Waals surface area contributed by atoms with Gasteiger partial charge in [-0.1, -0.05) is 67.8 Å². The first-order chi connectivity index (χ1) is 17.5. The second kappa shape index (κ2) is 10.5. The van der Waals surface area contributed by atoms with E-state index < -0.39 is 5.54 Å². The molecule has 0 bridgehead atoms. The molecule has 6 heteroatoms. The van der Waals surface area contributed by atoms with E-state index in [4.69, 9.17) is 0 Å². The van der Waals surface area contributed by atoms with Gasteiger partial charge in [-0.3, -0.25) is 9.59 Å². The van der Waals surface area contributed by atoms with Gasteiger partial charge in [0.05, 0.1) is 6.54 Å². The quantitative estimate of drug-likeness (QED) is 0.496. The zero-order valence-corrected chi connectivity index (χ0v) is 21.6. The molecule has 190 valence electrons. The number of hydrogen-bond acceptors (Lipinski definition) is 3. The van der Waals surface area contributed by atoms with Crippen molar-refractivity contribution in [1.29, 1.82) is 0 Å². The minimum atomic E-state index is -0.929. The molecule has 1 aliphatic carbocycles. The molecule has 1 atom stereocenters. The summed E-state index contributed by atoms with van der Waals surface area (Å²) in [6.07, 6.45) is 6.41. The molecule has 1 aliphatic heterocycles. The van der Waals surface area contributed by atoms with Gasteiger partial charge in [0.15, 0.2) is 0 Å². The molecule has 1 N–H and O–H groups in total. The summed E-state index contributed by atoms with van der Waals surface area (Å²) in [5.41, 5.74) is 2.04. The number of aromatic nitrogens is 1. The lowest BCUT2D eigenvalue weighted by molar-refractivity contribution is -0.133. The molecule has 36 heavy (non-hydrogen) atoms. The third-order valence-electron chi connectivity index (χ3n) is 7.98. The summed E-state index contributed by atoms with van der Waals surface area (Å²) < 4.78 is 2.05. The SMILES string of the molecule is CN(CCCN1C(=O)c2cc3ccccc3n2CC1(C)C(=O)NC1CCCCC1)Cc1ccccc1. The standard InChI is InChI=1S/C30H38N4O2/c1-30(29(36)31-25-15-7-4-8-16-25)22-33-26-17-10-9-14-24(26)20-27(33)28(35)34(30)19-11-18-32(2)21-23-12-5-3-6-13-23/h3,5-6,9-10,12-14,17,20,25H,4,7-8,11,15-16,18-19,21-22H2,1-2H3,(H,31,36). The molecule has 2 aromatic carbocycles. The highest BCUT2D eigenvalue weighted by Gasteiger charge is 2.47. The fourth-order valence-corrected chi connectivity index (χ4v) is 5.92. The van der Waals surface area contributed by atoms with Crippen molar-refractivity contribution in [3.8, 4) is 0 Å². The summed E-state index contributed by atoms with van der Waals surface area (Å²) in [5.74, 6) is -0.0757. The second-order valence-corrected chi connectivity index (χ2v) is 10.8. The monoisotopic (exact) mass is 486 g/mol. The number of para-hydroxylation sites is 1. The molecule has 6 nitrogen and oxygen atoms in total. The van der Waals surface area contributed by atoms with Crippen LogP contribution >= 0.6 is 0 Å². The van der Waals surface area contributed by atoms with E-state index in [1.807, 2.05) is 48.2 Å². The van der Waals surface area contributed by atoms with Crippen molar-refractivity contribution in [3.05, 3.63) is 71.9 Å². The first-order valence-electron chi connectivity index (χ1n) is 13.4. The van der Waals surface area contributed by atoms with Crippen molar-refractivity contribution in [2.75, 3.05) is 20.1 Å². The van der Waals surface area contributed by atoms with Gasteiger partial charge in [0.2, 0.25) is 5.91 Å². The molecule has 3 aromatic rings. The van der Waals surface area contributed by atoms with Gasteiger partial charge >= 0.3 is 0 Å². The topological polar surface area (TPSA) is 57.6 Å². The number of benzene rings is 2. The zero-order valence-electron chi connectivity index (χ0n) is 21.6. The van der Waals surface area contributed by atoms with Crippen LogP contribution in [-0.2, 0) is 17.9 Å². The highest BCUT2D eigenvalue weighted by molar-refractivity contribution is 6.03. The van der Waals surface area contributed by atoms with Crippen LogP contribution in [0.15, 0.2) is 60.7 Å². The Morgan fingerprint density at radius 1 is 1.06 bits per heavy atom. The van der Waals surface area contributed by atoms with Crippen LogP contribution in [0, 0.1) is 0 Å². The fraction of sp³-hybridized carbons (Fsp3) is 0.467. The van der Waals surface area contributed by atoms with E-state index in [9.17, 15) is 9.59 Å². The van der Waals surface area contributed by atoms with Gasteiger partial charge in [0.25, 0.3) is 5.91 Å². The van der Waals surface area contributed by atoms with Crippen LogP contribution in [-0.4, -0.2) is 57.9 Å². The summed E-state index contributed by atoms with van der Waals surface area (Å²) in [5, 5.41) is 4.37. The largest absolute Gasteiger partial charge is 0.351 e. The molecule has 2 amide bonds. The average molecular weight is 487 g/mol. The Bertz CT molecular complexity index is 1210. The van der Waals surface area contributed by atoms with Crippen molar-refractivity contribution in [3.63, 3.8) is 0 Å². The lowest BCUT2D eigenvalue weighted by Gasteiger charge is -2.45. The van der Waals surface area contributed by atoms with Gasteiger partial charge in [0.1, 0.15) is 11.2 Å². The number of carbonyl (C=O) groups is 2. The Balaban J connectivity index is 1.36. The average Bonchev–Trinajstić information content (AvgIpc) is 3.26. The number of nitrogens with zero attached hydrogens (tertiary/aromatic N) is 3. The molecule has 2 aliphatic rings. The van der Waals surface area contributed by atoms with Gasteiger partial charge in [-0.25, -0.2) is 0 Å². The Labute approximate surface area is 214 Å². The molecule has 1 saturated carbocycles. The van der Waals surface area contributed by atoms with Crippen LogP contribution < -0.4 is 5.32 Å². The maximum Gasteiger partial charge on any atom is 0.271 e. The first-order valence-corrected chi connectivity index (χ1v) is 13.4. The number of rotatable bonds is 8. The predicted octanol–water partition coefficient (Wildman–Crippen LogP) is 4.83. The number of hydrogen-bond donors (Lipinski definition) is 1. The van der Waals surface area contributed by atoms with Crippen LogP contribution in [0.2, 0.25) is 0 Å². The van der Waals surface area contributed by atoms with E-state index in [-0.39, 0.29) is 17.9 Å². The Hall–Kier alpha value is -3.12. The van der Waals surface area contributed by atoms with Gasteiger partial charge in [0, 0.05) is 30.0 Å². The second-order valence-electron chi connectivity index (χ2n) is 10.8. The minimum Gasteiger partial charge on any atom is -0.351 e. The summed E-state index contributed by atoms with van der Waals surface area (Å²) >= 11 is 0. The molecule has 1 unspecified atom stereocenters. The predicted molar refractivity (Wildman–Crippen MR) is 144 cm³/mol. The Morgan fingerprint density at radius 2 is 1.78 bits per heavy atom. The van der Waals surface area contributed by atoms with Crippen molar-refractivity contribution in [1.82, 2.24) is 19.7 Å². The fourth-order valence-electron chi connectivity index (χ4n) is 5.92. The number of amides is 2. The van der Waals surface area contributed by atoms with Crippen LogP contribution in [0.3, 0.4) is 0 Å². The van der Waals surface area contributed by atoms with Crippen LogP contribution in [0.1, 0.15) is 61.5 Å². The number of fused-ring (bicyclic) bond motifs is 3. The smallest absolute Gasteiger partial charge is 0.271 e. The van der Waals surface area contributed by atoms with E-state index >= 15 is 0 Å². The van der Waals surface area contributed by atoms with Gasteiger partial charge in [-0.05, 0) is 57.5 Å². The number of carbonyl (C=O) groups excluding carboxylic acids is 2. The van der Waals surface area contributed by atoms with Crippen molar-refractivity contribution in [2.24, 2.45) is 0 Å². The number of nitrogens with one attached hydrogen (secondary N) is 1. The molecule has 0 saturated heterocycles. The maximum absolute atomic E-state index is 13.9. The summed E-state index contributed by atoms with van der Waals surface area (Å²) in [6, 6.07) is 20.7. The normalized spacial score (nSPS) is 20.6. The van der Waals surface area contributed by atoms with E-state index in [1.165, 1.54) is 12.0 Å². The molecule has 5 rings (SSSR count). The molecule has 1 aromatic heterocycles. The van der Waals surface area contributed by atoms with Crippen LogP contribution in [0.5, 0.6) is 0 Å². The maximum atomic E-state index is 13.9. The van der Waals surface area contributed by atoms with E-state index in [0.29, 0.717) is 18.8 Å². The van der Waals surface area contributed by atoms with Crippen LogP contribution in [0.25, 0.3) is 10.9 Å². The summed E-state index contributed by atoms with van der Waals surface area (Å²) in [7, 11) is 2.11. The van der Waals surface area contributed by atoms with Gasteiger partial charge < -0.3 is 19.7 Å². The molecule has 0 spiro atoms. The van der Waals surface area contributed by atoms with Crippen LogP contribution in [0.4, 0.5) is 0 Å². The Morgan fingerprint density at radius 3 is 2.56 bits per heavy atom. The minimum absolute atomic E-state index is 0.0242. The molecule has 2 heterocycles. The highest BCUT2D eigenvalue weighted by atomic mass is 16.2. The molecule has 0 radical (unpaired) electrons. The van der Waals surface area contributed by atoms with Gasteiger partial charge in [-0.15, -0.1) is 0 Å². The lowest BCUT2D eigenvalue weighted by atomic mass is 9.91. The van der Waals surface area contributed by atoms with Crippen molar-refractivity contribution < 1.29 is 9.59 Å². The lowest BCUT2D eigenvalue weighted by Crippen LogP contribution is -2.65. The van der Waals surface area contributed by atoms with E-state index in [2.05, 4.69) is 46.1 Å². The summed E-state index contributed by atoms with van der Waals surface area (Å²) in [4.78, 5) is 31.8.